The minimum absolute atomic E-state index is 0.408. The Labute approximate surface area is 128 Å². The maximum atomic E-state index is 3.65. The van der Waals surface area contributed by atoms with Gasteiger partial charge in [0.1, 0.15) is 0 Å². The molecule has 0 saturated carbocycles. The molecule has 1 aromatic carbocycles. The van der Waals surface area contributed by atoms with Crippen molar-refractivity contribution in [1.82, 2.24) is 10.2 Å². The molecule has 0 aromatic heterocycles. The number of rotatable bonds is 1. The Morgan fingerprint density at radius 1 is 1.14 bits per heavy atom. The zero-order chi connectivity index (χ0) is 14.3. The number of likely N-dealkylation sites (tertiary alicyclic amines) is 1. The van der Waals surface area contributed by atoms with Gasteiger partial charge in [-0.25, -0.2) is 0 Å². The van der Waals surface area contributed by atoms with Gasteiger partial charge in [-0.1, -0.05) is 17.7 Å². The van der Waals surface area contributed by atoms with Crippen molar-refractivity contribution in [1.29, 1.82) is 0 Å². The lowest BCUT2D eigenvalue weighted by Crippen LogP contribution is -2.50. The molecule has 0 amide bonds. The first-order chi connectivity index (χ1) is 10.3. The molecule has 1 spiro atoms. The minimum atomic E-state index is 0.408. The lowest BCUT2D eigenvalue weighted by atomic mass is 9.73. The van der Waals surface area contributed by atoms with Crippen LogP contribution in [0, 0.1) is 6.92 Å². The van der Waals surface area contributed by atoms with Gasteiger partial charge in [0.2, 0.25) is 0 Å². The van der Waals surface area contributed by atoms with E-state index in [1.807, 2.05) is 0 Å². The fourth-order valence-electron chi connectivity index (χ4n) is 4.55. The molecular formula is C18H27N3. The van der Waals surface area contributed by atoms with Gasteiger partial charge < -0.3 is 15.5 Å². The van der Waals surface area contributed by atoms with Crippen LogP contribution in [0.1, 0.15) is 36.8 Å². The Bertz CT molecular complexity index is 511. The summed E-state index contributed by atoms with van der Waals surface area (Å²) in [5.41, 5.74) is 4.78. The second kappa shape index (κ2) is 5.29. The molecule has 0 aliphatic carbocycles. The van der Waals surface area contributed by atoms with E-state index in [4.69, 9.17) is 0 Å². The van der Waals surface area contributed by atoms with Gasteiger partial charge in [-0.15, -0.1) is 0 Å². The van der Waals surface area contributed by atoms with Gasteiger partial charge in [-0.2, -0.15) is 0 Å². The number of nitrogens with one attached hydrogen (secondary N) is 2. The molecule has 4 rings (SSSR count). The van der Waals surface area contributed by atoms with Gasteiger partial charge in [0.25, 0.3) is 0 Å². The third-order valence-corrected chi connectivity index (χ3v) is 5.94. The van der Waals surface area contributed by atoms with Crippen LogP contribution in [-0.2, 0) is 5.41 Å². The molecule has 3 aliphatic heterocycles. The summed E-state index contributed by atoms with van der Waals surface area (Å²) in [6.07, 6.45) is 5.31. The molecule has 0 atom stereocenters. The van der Waals surface area contributed by atoms with Crippen LogP contribution >= 0.6 is 0 Å². The predicted molar refractivity (Wildman–Crippen MR) is 88.0 cm³/mol. The van der Waals surface area contributed by atoms with Crippen LogP contribution in [0.3, 0.4) is 0 Å². The van der Waals surface area contributed by atoms with Gasteiger partial charge >= 0.3 is 0 Å². The maximum Gasteiger partial charge on any atom is 0.0379 e. The molecule has 1 aromatic rings. The second-order valence-corrected chi connectivity index (χ2v) is 7.20. The monoisotopic (exact) mass is 285 g/mol. The van der Waals surface area contributed by atoms with Crippen molar-refractivity contribution >= 4 is 5.69 Å². The second-order valence-electron chi connectivity index (χ2n) is 7.20. The highest BCUT2D eigenvalue weighted by Crippen LogP contribution is 2.44. The molecule has 114 valence electrons. The van der Waals surface area contributed by atoms with Crippen molar-refractivity contribution in [2.45, 2.75) is 44.1 Å². The lowest BCUT2D eigenvalue weighted by molar-refractivity contribution is 0.102. The smallest absolute Gasteiger partial charge is 0.0379 e. The van der Waals surface area contributed by atoms with E-state index in [0.29, 0.717) is 5.41 Å². The summed E-state index contributed by atoms with van der Waals surface area (Å²) in [7, 11) is 0. The van der Waals surface area contributed by atoms with Crippen LogP contribution in [0.15, 0.2) is 18.2 Å². The van der Waals surface area contributed by atoms with E-state index in [1.165, 1.54) is 63.1 Å². The van der Waals surface area contributed by atoms with Crippen LogP contribution in [0.5, 0.6) is 0 Å². The van der Waals surface area contributed by atoms with Gasteiger partial charge in [-0.05, 0) is 70.4 Å². The highest BCUT2D eigenvalue weighted by atomic mass is 15.2. The van der Waals surface area contributed by atoms with Gasteiger partial charge in [0, 0.05) is 23.7 Å². The Morgan fingerprint density at radius 3 is 2.67 bits per heavy atom. The summed E-state index contributed by atoms with van der Waals surface area (Å²) < 4.78 is 0. The number of aryl methyl sites for hydroxylation is 1. The van der Waals surface area contributed by atoms with E-state index in [2.05, 4.69) is 40.7 Å². The van der Waals surface area contributed by atoms with Crippen LogP contribution in [-0.4, -0.2) is 43.7 Å². The van der Waals surface area contributed by atoms with Crippen molar-refractivity contribution in [2.24, 2.45) is 0 Å². The van der Waals surface area contributed by atoms with Crippen molar-refractivity contribution in [3.05, 3.63) is 29.3 Å². The Kier molecular flexibility index (Phi) is 3.43. The van der Waals surface area contributed by atoms with Gasteiger partial charge in [-0.3, -0.25) is 0 Å². The first-order valence-electron chi connectivity index (χ1n) is 8.57. The Hall–Kier alpha value is -1.06. The fourth-order valence-corrected chi connectivity index (χ4v) is 4.55. The molecule has 3 aliphatic rings. The van der Waals surface area contributed by atoms with Gasteiger partial charge in [0.15, 0.2) is 0 Å². The molecule has 21 heavy (non-hydrogen) atoms. The molecule has 2 N–H and O–H groups in total. The first-order valence-corrected chi connectivity index (χ1v) is 8.57. The van der Waals surface area contributed by atoms with Gasteiger partial charge in [0.05, 0.1) is 0 Å². The highest BCUT2D eigenvalue weighted by Gasteiger charge is 2.42. The fraction of sp³-hybridized carbons (Fsp3) is 0.667. The molecule has 0 bridgehead atoms. The zero-order valence-corrected chi connectivity index (χ0v) is 13.1. The van der Waals surface area contributed by atoms with Crippen LogP contribution < -0.4 is 10.6 Å². The standard InChI is InChI=1S/C18H27N3/c1-14-2-3-17-16(12-14)18(13-20-17)6-10-21(11-7-18)15-4-8-19-9-5-15/h2-3,12,15,19-20H,4-11,13H2,1H3. The topological polar surface area (TPSA) is 27.3 Å². The summed E-state index contributed by atoms with van der Waals surface area (Å²) in [6, 6.07) is 7.76. The minimum Gasteiger partial charge on any atom is -0.384 e. The largest absolute Gasteiger partial charge is 0.384 e. The molecule has 3 heteroatoms. The summed E-state index contributed by atoms with van der Waals surface area (Å²) in [5, 5.41) is 7.14. The van der Waals surface area contributed by atoms with Crippen molar-refractivity contribution in [3.63, 3.8) is 0 Å². The van der Waals surface area contributed by atoms with Crippen molar-refractivity contribution in [3.8, 4) is 0 Å². The quantitative estimate of drug-likeness (QED) is 0.830. The molecule has 2 fully saturated rings. The average Bonchev–Trinajstić information content (AvgIpc) is 2.87. The normalized spacial score (nSPS) is 25.8. The molecule has 3 nitrogen and oxygen atoms in total. The number of anilines is 1. The van der Waals surface area contributed by atoms with E-state index in [0.717, 1.165) is 12.6 Å². The lowest BCUT2D eigenvalue weighted by Gasteiger charge is -2.44. The summed E-state index contributed by atoms with van der Waals surface area (Å²) in [6.45, 7) is 8.33. The first kappa shape index (κ1) is 13.6. The SMILES string of the molecule is Cc1ccc2c(c1)C1(CCN(C3CCNCC3)CC1)CN2. The molecule has 0 unspecified atom stereocenters. The number of piperidine rings is 2. The number of fused-ring (bicyclic) bond motifs is 2. The van der Waals surface area contributed by atoms with Crippen LogP contribution in [0.4, 0.5) is 5.69 Å². The van der Waals surface area contributed by atoms with Crippen LogP contribution in [0.25, 0.3) is 0 Å². The maximum absolute atomic E-state index is 3.65. The Morgan fingerprint density at radius 2 is 1.90 bits per heavy atom. The van der Waals surface area contributed by atoms with Crippen molar-refractivity contribution < 1.29 is 0 Å². The predicted octanol–water partition coefficient (Wildman–Crippen LogP) is 2.51. The number of hydrogen-bond donors (Lipinski definition) is 2. The molecule has 2 saturated heterocycles. The van der Waals surface area contributed by atoms with E-state index >= 15 is 0 Å². The average molecular weight is 285 g/mol. The molecule has 0 radical (unpaired) electrons. The van der Waals surface area contributed by atoms with E-state index < -0.39 is 0 Å². The highest BCUT2D eigenvalue weighted by molar-refractivity contribution is 5.61. The summed E-state index contributed by atoms with van der Waals surface area (Å²) in [4.78, 5) is 2.76. The number of hydrogen-bond acceptors (Lipinski definition) is 3. The third-order valence-electron chi connectivity index (χ3n) is 5.94. The van der Waals surface area contributed by atoms with E-state index in [1.54, 1.807) is 5.56 Å². The zero-order valence-electron chi connectivity index (χ0n) is 13.1. The Balaban J connectivity index is 1.49. The number of nitrogens with zero attached hydrogens (tertiary/aromatic N) is 1. The number of benzene rings is 1. The van der Waals surface area contributed by atoms with E-state index in [9.17, 15) is 0 Å². The van der Waals surface area contributed by atoms with Crippen LogP contribution in [0.2, 0.25) is 0 Å². The molecule has 3 heterocycles. The van der Waals surface area contributed by atoms with E-state index in [-0.39, 0.29) is 0 Å². The summed E-state index contributed by atoms with van der Waals surface area (Å²) in [5.74, 6) is 0. The summed E-state index contributed by atoms with van der Waals surface area (Å²) >= 11 is 0. The van der Waals surface area contributed by atoms with Crippen molar-refractivity contribution in [2.75, 3.05) is 38.0 Å². The third kappa shape index (κ3) is 2.36. The molecular weight excluding hydrogens is 258 g/mol.